The van der Waals surface area contributed by atoms with E-state index in [1.165, 1.54) is 6.20 Å². The molecule has 16 heteroatoms. The Morgan fingerprint density at radius 3 is 1.98 bits per heavy atom. The van der Waals surface area contributed by atoms with Crippen molar-refractivity contribution in [3.63, 3.8) is 0 Å². The molecule has 0 unspecified atom stereocenters. The van der Waals surface area contributed by atoms with Gasteiger partial charge in [-0.2, -0.15) is 22.1 Å². The van der Waals surface area contributed by atoms with Crippen LogP contribution in [0.25, 0.3) is 11.0 Å². The average molecular weight is 686 g/mol. The Hall–Kier alpha value is -3.69. The number of nitrogen functional groups attached to an aromatic ring is 1. The zero-order valence-corrected chi connectivity index (χ0v) is 28.5. The van der Waals surface area contributed by atoms with E-state index < -0.39 is 58.0 Å². The van der Waals surface area contributed by atoms with E-state index in [0.717, 1.165) is 22.9 Å². The van der Waals surface area contributed by atoms with Crippen LogP contribution in [0.1, 0.15) is 38.3 Å². The number of fused-ring (bicyclic) bond motifs is 1. The fraction of sp³-hybridized carbons (Fsp3) is 0.367. The SMILES string of the molecule is CC(C)(C)[Si](OC[C@H]1O[C@@H](c2nc(N)c3c(C#N)c[nH]c3n2)[C@H](OS(C)(=O)=O)[C@@H]1OS(C)(=O)=O)(c1ccccc1)c1ccccc1. The van der Waals surface area contributed by atoms with Gasteiger partial charge in [-0.3, -0.25) is 8.37 Å². The number of H-pyrrole nitrogens is 1. The third-order valence-electron chi connectivity index (χ3n) is 7.71. The summed E-state index contributed by atoms with van der Waals surface area (Å²) < 4.78 is 74.4. The number of hydrogen-bond acceptors (Lipinski definition) is 12. The Balaban J connectivity index is 1.62. The quantitative estimate of drug-likeness (QED) is 0.183. The van der Waals surface area contributed by atoms with Crippen molar-refractivity contribution in [2.75, 3.05) is 24.9 Å². The molecule has 3 heterocycles. The van der Waals surface area contributed by atoms with E-state index in [4.69, 9.17) is 23.3 Å². The molecular formula is C30H35N5O8S2Si. The van der Waals surface area contributed by atoms with Crippen LogP contribution in [0, 0.1) is 11.3 Å². The van der Waals surface area contributed by atoms with Gasteiger partial charge in [-0.1, -0.05) is 81.4 Å². The second kappa shape index (κ2) is 12.5. The number of nitrogens with two attached hydrogens (primary N) is 1. The molecule has 0 aliphatic carbocycles. The van der Waals surface area contributed by atoms with Crippen molar-refractivity contribution in [1.29, 1.82) is 5.26 Å². The molecule has 1 aliphatic rings. The van der Waals surface area contributed by atoms with Crippen molar-refractivity contribution in [2.45, 2.75) is 50.2 Å². The lowest BCUT2D eigenvalue weighted by Gasteiger charge is -2.43. The number of aromatic nitrogens is 3. The Labute approximate surface area is 269 Å². The van der Waals surface area contributed by atoms with Crippen LogP contribution in [-0.2, 0) is 37.8 Å². The van der Waals surface area contributed by atoms with Crippen LogP contribution in [0.3, 0.4) is 0 Å². The standard InChI is InChI=1S/C30H35N5O8S2Si/c1-30(2,3)46(20-12-8-6-9-13-20,21-14-10-7-11-15-21)40-18-22-24(42-44(4,36)37)25(43-45(5,38)39)26(41-22)29-34-27(32)23-19(16-31)17-33-28(23)35-29/h6-15,17,22,24-26H,18H2,1-5H3,(H3,32,33,34,35)/t22-,24-,25-,26-/m1/s1. The maximum atomic E-state index is 12.6. The van der Waals surface area contributed by atoms with E-state index in [2.05, 4.69) is 35.7 Å². The molecule has 2 aromatic heterocycles. The highest BCUT2D eigenvalue weighted by Gasteiger charge is 2.55. The van der Waals surface area contributed by atoms with Crippen LogP contribution < -0.4 is 16.1 Å². The van der Waals surface area contributed by atoms with Gasteiger partial charge in [0.25, 0.3) is 28.6 Å². The van der Waals surface area contributed by atoms with Crippen LogP contribution in [-0.4, -0.2) is 77.5 Å². The van der Waals surface area contributed by atoms with Crippen molar-refractivity contribution in [3.8, 4) is 6.07 Å². The smallest absolute Gasteiger partial charge is 0.264 e. The van der Waals surface area contributed by atoms with Gasteiger partial charge in [-0.25, -0.2) is 9.97 Å². The van der Waals surface area contributed by atoms with Gasteiger partial charge in [0.05, 0.1) is 30.1 Å². The number of nitriles is 1. The van der Waals surface area contributed by atoms with Gasteiger partial charge in [0.2, 0.25) is 0 Å². The second-order valence-electron chi connectivity index (χ2n) is 12.1. The van der Waals surface area contributed by atoms with Gasteiger partial charge in [0, 0.05) is 6.20 Å². The van der Waals surface area contributed by atoms with Crippen LogP contribution in [0.15, 0.2) is 66.9 Å². The van der Waals surface area contributed by atoms with Gasteiger partial charge in [0.1, 0.15) is 42.0 Å². The molecule has 5 rings (SSSR count). The highest BCUT2D eigenvalue weighted by Crippen LogP contribution is 2.41. The molecule has 13 nitrogen and oxygen atoms in total. The highest BCUT2D eigenvalue weighted by molar-refractivity contribution is 7.86. The van der Waals surface area contributed by atoms with Gasteiger partial charge in [0.15, 0.2) is 5.82 Å². The first-order valence-electron chi connectivity index (χ1n) is 14.3. The number of anilines is 1. The minimum Gasteiger partial charge on any atom is -0.405 e. The fourth-order valence-electron chi connectivity index (χ4n) is 5.96. The minimum absolute atomic E-state index is 0.0629. The molecule has 0 radical (unpaired) electrons. The number of nitrogens with one attached hydrogen (secondary N) is 1. The molecule has 4 atom stereocenters. The summed E-state index contributed by atoms with van der Waals surface area (Å²) in [6.07, 6.45) is -2.44. The number of hydrogen-bond donors (Lipinski definition) is 2. The van der Waals surface area contributed by atoms with Gasteiger partial charge < -0.3 is 19.9 Å². The van der Waals surface area contributed by atoms with Gasteiger partial charge in [-0.15, -0.1) is 0 Å². The summed E-state index contributed by atoms with van der Waals surface area (Å²) in [5.41, 5.74) is 6.61. The van der Waals surface area contributed by atoms with Crippen LogP contribution in [0.2, 0.25) is 5.04 Å². The molecule has 4 aromatic rings. The Morgan fingerprint density at radius 2 is 1.48 bits per heavy atom. The zero-order chi connectivity index (χ0) is 33.5. The normalized spacial score (nSPS) is 21.0. The largest absolute Gasteiger partial charge is 0.405 e. The topological polar surface area (TPSA) is 197 Å². The molecule has 1 saturated heterocycles. The maximum absolute atomic E-state index is 12.6. The van der Waals surface area contributed by atoms with E-state index >= 15 is 0 Å². The van der Waals surface area contributed by atoms with E-state index in [1.807, 2.05) is 66.7 Å². The minimum atomic E-state index is -4.19. The van der Waals surface area contributed by atoms with Crippen molar-refractivity contribution >= 4 is 55.8 Å². The lowest BCUT2D eigenvalue weighted by Crippen LogP contribution is -2.67. The summed E-state index contributed by atoms with van der Waals surface area (Å²) in [4.78, 5) is 11.6. The fourth-order valence-corrected chi connectivity index (χ4v) is 11.8. The maximum Gasteiger partial charge on any atom is 0.264 e. The Bertz CT molecular complexity index is 1940. The van der Waals surface area contributed by atoms with Crippen LogP contribution in [0.5, 0.6) is 0 Å². The number of nitrogens with zero attached hydrogens (tertiary/aromatic N) is 3. The summed E-state index contributed by atoms with van der Waals surface area (Å²) in [6, 6.07) is 21.5. The molecule has 2 aromatic carbocycles. The summed E-state index contributed by atoms with van der Waals surface area (Å²) in [5.74, 6) is -0.160. The van der Waals surface area contributed by atoms with Gasteiger partial charge >= 0.3 is 0 Å². The van der Waals surface area contributed by atoms with E-state index in [1.54, 1.807) is 0 Å². The second-order valence-corrected chi connectivity index (χ2v) is 19.6. The van der Waals surface area contributed by atoms with Crippen molar-refractivity contribution < 1.29 is 34.4 Å². The molecule has 3 N–H and O–H groups in total. The first-order valence-corrected chi connectivity index (χ1v) is 19.8. The average Bonchev–Trinajstić information content (AvgIpc) is 3.53. The monoisotopic (exact) mass is 685 g/mol. The molecule has 46 heavy (non-hydrogen) atoms. The van der Waals surface area contributed by atoms with Crippen molar-refractivity contribution in [2.24, 2.45) is 0 Å². The number of rotatable bonds is 10. The van der Waals surface area contributed by atoms with E-state index in [-0.39, 0.29) is 34.8 Å². The molecule has 1 fully saturated rings. The van der Waals surface area contributed by atoms with Gasteiger partial charge in [-0.05, 0) is 15.4 Å². The van der Waals surface area contributed by atoms with Crippen molar-refractivity contribution in [1.82, 2.24) is 15.0 Å². The predicted octanol–water partition coefficient (Wildman–Crippen LogP) is 2.12. The Morgan fingerprint density at radius 1 is 0.935 bits per heavy atom. The third-order valence-corrected chi connectivity index (χ3v) is 13.9. The summed E-state index contributed by atoms with van der Waals surface area (Å²) >= 11 is 0. The molecule has 0 saturated carbocycles. The number of benzene rings is 2. The summed E-state index contributed by atoms with van der Waals surface area (Å²) in [7, 11) is -11.5. The number of aromatic amines is 1. The molecule has 0 bridgehead atoms. The molecule has 1 aliphatic heterocycles. The van der Waals surface area contributed by atoms with Crippen LogP contribution in [0.4, 0.5) is 5.82 Å². The Kier molecular flexibility index (Phi) is 9.14. The molecule has 0 spiro atoms. The number of ether oxygens (including phenoxy) is 1. The first-order chi connectivity index (χ1) is 21.5. The predicted molar refractivity (Wildman–Crippen MR) is 174 cm³/mol. The molecule has 244 valence electrons. The zero-order valence-electron chi connectivity index (χ0n) is 25.9. The highest BCUT2D eigenvalue weighted by atomic mass is 32.2. The lowest BCUT2D eigenvalue weighted by molar-refractivity contribution is -0.0162. The molecule has 0 amide bonds. The van der Waals surface area contributed by atoms with Crippen LogP contribution >= 0.6 is 0 Å². The van der Waals surface area contributed by atoms with E-state index in [9.17, 15) is 22.1 Å². The first kappa shape index (κ1) is 33.7. The lowest BCUT2D eigenvalue weighted by atomic mass is 10.1. The van der Waals surface area contributed by atoms with Crippen molar-refractivity contribution in [3.05, 3.63) is 78.2 Å². The third kappa shape index (κ3) is 6.71. The van der Waals surface area contributed by atoms with E-state index in [0.29, 0.717) is 0 Å². The summed E-state index contributed by atoms with van der Waals surface area (Å²) in [5, 5.41) is 11.2. The molecular weight excluding hydrogens is 651 g/mol. The summed E-state index contributed by atoms with van der Waals surface area (Å²) in [6.45, 7) is 6.03.